The summed E-state index contributed by atoms with van der Waals surface area (Å²) in [6.07, 6.45) is 1.33. The fraction of sp³-hybridized carbons (Fsp3) is 1.00. The molecule has 2 unspecified atom stereocenters. The topological polar surface area (TPSA) is 18.5 Å². The van der Waals surface area contributed by atoms with Gasteiger partial charge in [0.2, 0.25) is 0 Å². The average Bonchev–Trinajstić information content (AvgIpc) is 1.89. The highest BCUT2D eigenvalue weighted by Gasteiger charge is 2.44. The van der Waals surface area contributed by atoms with E-state index < -0.39 is 0 Å². The first-order valence-electron chi connectivity index (χ1n) is 3.42. The molecule has 1 saturated heterocycles. The average molecular weight is 130 g/mol. The molecule has 0 aromatic rings. The number of hydrogen-bond acceptors (Lipinski definition) is 2. The Morgan fingerprint density at radius 2 is 2.44 bits per heavy atom. The molecule has 1 heterocycles. The van der Waals surface area contributed by atoms with E-state index in [1.807, 2.05) is 0 Å². The number of methoxy groups -OCH3 is 1. The normalized spacial score (nSPS) is 42.3. The lowest BCUT2D eigenvalue weighted by Gasteiger charge is -2.45. The van der Waals surface area contributed by atoms with E-state index in [-0.39, 0.29) is 11.7 Å². The third-order valence-corrected chi connectivity index (χ3v) is 2.32. The van der Waals surface area contributed by atoms with Crippen molar-refractivity contribution >= 4 is 0 Å². The smallest absolute Gasteiger partial charge is 0.116 e. The summed E-state index contributed by atoms with van der Waals surface area (Å²) in [5, 5.41) is 0. The third kappa shape index (κ3) is 0.864. The molecule has 2 atom stereocenters. The maximum atomic E-state index is 5.31. The predicted octanol–water partition coefficient (Wildman–Crippen LogP) is 1.20. The lowest BCUT2D eigenvalue weighted by Crippen LogP contribution is -2.57. The van der Waals surface area contributed by atoms with Gasteiger partial charge in [-0.1, -0.05) is 6.92 Å². The molecule has 0 saturated carbocycles. The minimum atomic E-state index is 0.0417. The molecule has 9 heavy (non-hydrogen) atoms. The van der Waals surface area contributed by atoms with Gasteiger partial charge in [0.25, 0.3) is 0 Å². The van der Waals surface area contributed by atoms with Crippen molar-refractivity contribution in [3.05, 3.63) is 0 Å². The van der Waals surface area contributed by atoms with Crippen molar-refractivity contribution in [2.24, 2.45) is 0 Å². The molecule has 1 aliphatic heterocycles. The van der Waals surface area contributed by atoms with Crippen LogP contribution in [0.2, 0.25) is 0 Å². The minimum Gasteiger partial charge on any atom is -0.373 e. The van der Waals surface area contributed by atoms with Gasteiger partial charge in [-0.2, -0.15) is 0 Å². The summed E-state index contributed by atoms with van der Waals surface area (Å²) in [4.78, 5) is 0. The van der Waals surface area contributed by atoms with Gasteiger partial charge in [0.15, 0.2) is 0 Å². The van der Waals surface area contributed by atoms with Crippen molar-refractivity contribution < 1.29 is 9.47 Å². The Balaban J connectivity index is 2.48. The van der Waals surface area contributed by atoms with Crippen molar-refractivity contribution in [3.8, 4) is 0 Å². The maximum absolute atomic E-state index is 5.31. The van der Waals surface area contributed by atoms with Crippen LogP contribution < -0.4 is 0 Å². The van der Waals surface area contributed by atoms with Gasteiger partial charge in [-0.25, -0.2) is 0 Å². The lowest BCUT2D eigenvalue weighted by atomic mass is 9.90. The second-order valence-corrected chi connectivity index (χ2v) is 2.58. The van der Waals surface area contributed by atoms with Crippen LogP contribution in [0.15, 0.2) is 0 Å². The number of rotatable bonds is 2. The molecule has 0 amide bonds. The Kier molecular flexibility index (Phi) is 1.78. The molecule has 0 aromatic carbocycles. The van der Waals surface area contributed by atoms with Crippen LogP contribution in [0, 0.1) is 0 Å². The summed E-state index contributed by atoms with van der Waals surface area (Å²) < 4.78 is 10.5. The minimum absolute atomic E-state index is 0.0417. The molecule has 0 spiro atoms. The summed E-state index contributed by atoms with van der Waals surface area (Å²) in [5.74, 6) is 0. The molecule has 2 nitrogen and oxygen atoms in total. The van der Waals surface area contributed by atoms with Crippen LogP contribution in [-0.2, 0) is 9.47 Å². The highest BCUT2D eigenvalue weighted by atomic mass is 16.6. The molecule has 2 heteroatoms. The highest BCUT2D eigenvalue weighted by Crippen LogP contribution is 2.31. The highest BCUT2D eigenvalue weighted by molar-refractivity contribution is 4.93. The zero-order valence-corrected chi connectivity index (χ0v) is 6.31. The Hall–Kier alpha value is -0.0800. The van der Waals surface area contributed by atoms with E-state index in [0.29, 0.717) is 0 Å². The van der Waals surface area contributed by atoms with E-state index in [4.69, 9.17) is 9.47 Å². The summed E-state index contributed by atoms with van der Waals surface area (Å²) in [6, 6.07) is 0. The van der Waals surface area contributed by atoms with E-state index in [1.165, 1.54) is 0 Å². The molecular formula is C7H14O2. The first kappa shape index (κ1) is 7.03. The Morgan fingerprint density at radius 1 is 1.78 bits per heavy atom. The molecule has 0 aromatic heterocycles. The first-order valence-corrected chi connectivity index (χ1v) is 3.42. The Labute approximate surface area is 56.2 Å². The van der Waals surface area contributed by atoms with Crippen molar-refractivity contribution in [1.82, 2.24) is 0 Å². The van der Waals surface area contributed by atoms with Gasteiger partial charge in [0.1, 0.15) is 5.60 Å². The van der Waals surface area contributed by atoms with Crippen LogP contribution in [0.3, 0.4) is 0 Å². The molecule has 0 aliphatic carbocycles. The Morgan fingerprint density at radius 3 is 2.44 bits per heavy atom. The summed E-state index contributed by atoms with van der Waals surface area (Å²) in [5.41, 5.74) is 0.0417. The van der Waals surface area contributed by atoms with Crippen molar-refractivity contribution in [2.45, 2.75) is 32.0 Å². The van der Waals surface area contributed by atoms with Gasteiger partial charge >= 0.3 is 0 Å². The van der Waals surface area contributed by atoms with E-state index in [9.17, 15) is 0 Å². The molecule has 0 radical (unpaired) electrons. The first-order chi connectivity index (χ1) is 4.25. The van der Waals surface area contributed by atoms with Crippen molar-refractivity contribution in [3.63, 3.8) is 0 Å². The number of hydrogen-bond donors (Lipinski definition) is 0. The van der Waals surface area contributed by atoms with Gasteiger partial charge in [0.05, 0.1) is 12.7 Å². The van der Waals surface area contributed by atoms with Crippen LogP contribution in [0.1, 0.15) is 20.3 Å². The van der Waals surface area contributed by atoms with Gasteiger partial charge in [-0.15, -0.1) is 0 Å². The zero-order chi connectivity index (χ0) is 6.91. The fourth-order valence-corrected chi connectivity index (χ4v) is 1.19. The lowest BCUT2D eigenvalue weighted by molar-refractivity contribution is -0.244. The van der Waals surface area contributed by atoms with Crippen LogP contribution >= 0.6 is 0 Å². The zero-order valence-electron chi connectivity index (χ0n) is 6.31. The molecule has 0 bridgehead atoms. The van der Waals surface area contributed by atoms with Crippen molar-refractivity contribution in [1.29, 1.82) is 0 Å². The largest absolute Gasteiger partial charge is 0.373 e. The van der Waals surface area contributed by atoms with Crippen LogP contribution in [-0.4, -0.2) is 25.4 Å². The Bertz CT molecular complexity index is 91.6. The number of ether oxygens (including phenoxy) is 2. The van der Waals surface area contributed by atoms with Gasteiger partial charge in [-0.3, -0.25) is 0 Å². The molecular weight excluding hydrogens is 116 g/mol. The van der Waals surface area contributed by atoms with Crippen LogP contribution in [0.5, 0.6) is 0 Å². The van der Waals surface area contributed by atoms with Gasteiger partial charge in [-0.05, 0) is 13.3 Å². The predicted molar refractivity (Wildman–Crippen MR) is 35.4 cm³/mol. The summed E-state index contributed by atoms with van der Waals surface area (Å²) in [6.45, 7) is 4.94. The van der Waals surface area contributed by atoms with Crippen molar-refractivity contribution in [2.75, 3.05) is 13.7 Å². The standard InChI is InChI=1S/C7H14O2/c1-4-7(8-3)5-9-6(7)2/h6H,4-5H2,1-3H3. The monoisotopic (exact) mass is 130 g/mol. The van der Waals surface area contributed by atoms with E-state index in [2.05, 4.69) is 13.8 Å². The third-order valence-electron chi connectivity index (χ3n) is 2.32. The van der Waals surface area contributed by atoms with Crippen LogP contribution in [0.25, 0.3) is 0 Å². The summed E-state index contributed by atoms with van der Waals surface area (Å²) >= 11 is 0. The second kappa shape index (κ2) is 2.27. The maximum Gasteiger partial charge on any atom is 0.116 e. The summed E-state index contributed by atoms with van der Waals surface area (Å²) in [7, 11) is 1.75. The van der Waals surface area contributed by atoms with Crippen LogP contribution in [0.4, 0.5) is 0 Å². The molecule has 1 fully saturated rings. The molecule has 1 aliphatic rings. The van der Waals surface area contributed by atoms with Gasteiger partial charge < -0.3 is 9.47 Å². The van der Waals surface area contributed by atoms with E-state index >= 15 is 0 Å². The van der Waals surface area contributed by atoms with E-state index in [0.717, 1.165) is 13.0 Å². The van der Waals surface area contributed by atoms with E-state index in [1.54, 1.807) is 7.11 Å². The van der Waals surface area contributed by atoms with Gasteiger partial charge in [0, 0.05) is 7.11 Å². The quantitative estimate of drug-likeness (QED) is 0.559. The molecule has 1 rings (SSSR count). The fourth-order valence-electron chi connectivity index (χ4n) is 1.19. The second-order valence-electron chi connectivity index (χ2n) is 2.58. The molecule has 54 valence electrons. The SMILES string of the molecule is CCC1(OC)COC1C. The molecule has 0 N–H and O–H groups in total.